The molecule has 8 heteroatoms. The summed E-state index contributed by atoms with van der Waals surface area (Å²) in [6, 6.07) is 0. The first-order chi connectivity index (χ1) is 17.6. The summed E-state index contributed by atoms with van der Waals surface area (Å²) in [6.07, 6.45) is 12.5. The van der Waals surface area contributed by atoms with Crippen LogP contribution in [0.15, 0.2) is 0 Å². The molecule has 2 atom stereocenters. The van der Waals surface area contributed by atoms with Gasteiger partial charge in [0, 0.05) is 65.5 Å². The van der Waals surface area contributed by atoms with Crippen LogP contribution in [0.4, 0.5) is 0 Å². The molecule has 0 rings (SSSR count). The Morgan fingerprint density at radius 3 is 1.31 bits per heavy atom. The van der Waals surface area contributed by atoms with Gasteiger partial charge in [0.1, 0.15) is 0 Å². The summed E-state index contributed by atoms with van der Waals surface area (Å²) in [4.78, 5) is 2.65. The molecule has 0 radical (unpaired) electrons. The Labute approximate surface area is 228 Å². The van der Waals surface area contributed by atoms with E-state index in [2.05, 4.69) is 46.4 Å². The molecule has 0 aromatic heterocycles. The minimum absolute atomic E-state index is 0.0191. The van der Waals surface area contributed by atoms with E-state index in [0.29, 0.717) is 6.10 Å². The van der Waals surface area contributed by atoms with Gasteiger partial charge in [-0.25, -0.2) is 0 Å². The van der Waals surface area contributed by atoms with Crippen LogP contribution in [0.25, 0.3) is 0 Å². The minimum Gasteiger partial charge on any atom is -0.379 e. The van der Waals surface area contributed by atoms with Crippen molar-refractivity contribution in [1.29, 1.82) is 0 Å². The second-order valence-corrected chi connectivity index (χ2v) is 12.5. The van der Waals surface area contributed by atoms with E-state index in [1.807, 2.05) is 0 Å². The Kier molecular flexibility index (Phi) is 29.1. The third-order valence-electron chi connectivity index (χ3n) is 5.42. The van der Waals surface area contributed by atoms with Crippen LogP contribution in [0.3, 0.4) is 0 Å². The lowest BCUT2D eigenvalue weighted by Crippen LogP contribution is -2.30. The number of ether oxygens (including phenoxy) is 5. The molecule has 218 valence electrons. The zero-order chi connectivity index (χ0) is 26.7. The summed E-state index contributed by atoms with van der Waals surface area (Å²) in [7, 11) is 1.93. The van der Waals surface area contributed by atoms with E-state index >= 15 is 0 Å². The summed E-state index contributed by atoms with van der Waals surface area (Å²) in [5.41, 5.74) is 0. The number of nitrogens with zero attached hydrogens (tertiary/aromatic N) is 1. The van der Waals surface area contributed by atoms with E-state index in [1.54, 1.807) is 0 Å². The van der Waals surface area contributed by atoms with Crippen LogP contribution in [0.2, 0.25) is 0 Å². The van der Waals surface area contributed by atoms with Gasteiger partial charge >= 0.3 is 0 Å². The molecule has 0 aromatic carbocycles. The van der Waals surface area contributed by atoms with E-state index in [9.17, 15) is 0 Å². The molecule has 0 heterocycles. The summed E-state index contributed by atoms with van der Waals surface area (Å²) in [5.74, 6) is 0. The van der Waals surface area contributed by atoms with Crippen LogP contribution in [0, 0.1) is 0 Å². The maximum atomic E-state index is 5.88. The molecule has 6 nitrogen and oxygen atoms in total. The predicted molar refractivity (Wildman–Crippen MR) is 160 cm³/mol. The van der Waals surface area contributed by atoms with Crippen molar-refractivity contribution in [1.82, 2.24) is 4.90 Å². The molecule has 0 aliphatic heterocycles. The van der Waals surface area contributed by atoms with Gasteiger partial charge in [0.15, 0.2) is 12.6 Å². The standard InChI is InChI=1S/C28H61NO5P2/c1-7-17-31-27(32-18-8-2)12-22-35-24-15-29(14-11-21-30-26(5)6)16-25-36-23-13-28(33-19-9-3)34-20-10-4/h26-28,35-36H,7-25H2,1-6H3. The van der Waals surface area contributed by atoms with E-state index < -0.39 is 0 Å². The Hall–Kier alpha value is 0.620. The average Bonchev–Trinajstić information content (AvgIpc) is 2.87. The molecule has 0 bridgehead atoms. The zero-order valence-corrected chi connectivity index (χ0v) is 26.7. The molecular weight excluding hydrogens is 492 g/mol. The average molecular weight is 554 g/mol. The van der Waals surface area contributed by atoms with Crippen molar-refractivity contribution in [3.05, 3.63) is 0 Å². The van der Waals surface area contributed by atoms with Crippen molar-refractivity contribution in [3.8, 4) is 0 Å². The quantitative estimate of drug-likeness (QED) is 0.0591. The molecule has 0 aliphatic rings. The number of hydrogen-bond donors (Lipinski definition) is 0. The first-order valence-corrected chi connectivity index (χ1v) is 17.6. The van der Waals surface area contributed by atoms with Crippen LogP contribution < -0.4 is 0 Å². The molecular formula is C28H61NO5P2. The Bertz CT molecular complexity index is 389. The lowest BCUT2D eigenvalue weighted by molar-refractivity contribution is -0.142. The van der Waals surface area contributed by atoms with Crippen molar-refractivity contribution < 1.29 is 23.7 Å². The second kappa shape index (κ2) is 28.6. The highest BCUT2D eigenvalue weighted by molar-refractivity contribution is 7.38. The van der Waals surface area contributed by atoms with Crippen LogP contribution in [0.5, 0.6) is 0 Å². The fourth-order valence-electron chi connectivity index (χ4n) is 3.53. The first-order valence-electron chi connectivity index (χ1n) is 14.8. The van der Waals surface area contributed by atoms with Crippen molar-refractivity contribution in [2.24, 2.45) is 0 Å². The molecule has 0 saturated heterocycles. The van der Waals surface area contributed by atoms with Gasteiger partial charge in [0.2, 0.25) is 0 Å². The monoisotopic (exact) mass is 553 g/mol. The van der Waals surface area contributed by atoms with Crippen LogP contribution >= 0.6 is 17.2 Å². The SMILES string of the molecule is CCCOC(CCPCCN(CCCOC(C)C)CCPCCC(OCCC)OCCC)OCCC. The molecule has 0 saturated carbocycles. The number of hydrogen-bond acceptors (Lipinski definition) is 6. The molecule has 0 amide bonds. The van der Waals surface area contributed by atoms with Gasteiger partial charge in [-0.05, 0) is 70.6 Å². The Balaban J connectivity index is 4.30. The first kappa shape index (κ1) is 36.6. The van der Waals surface area contributed by atoms with Gasteiger partial charge in [-0.1, -0.05) is 27.7 Å². The van der Waals surface area contributed by atoms with Gasteiger partial charge < -0.3 is 28.6 Å². The molecule has 0 aromatic rings. The highest BCUT2D eigenvalue weighted by atomic mass is 31.1. The molecule has 0 N–H and O–H groups in total. The van der Waals surface area contributed by atoms with Gasteiger partial charge in [0.25, 0.3) is 0 Å². The summed E-state index contributed by atoms with van der Waals surface area (Å²) in [6.45, 7) is 20.4. The van der Waals surface area contributed by atoms with E-state index in [-0.39, 0.29) is 12.6 Å². The number of rotatable bonds is 29. The highest BCUT2D eigenvalue weighted by Crippen LogP contribution is 2.18. The zero-order valence-electron chi connectivity index (χ0n) is 24.7. The third-order valence-corrected chi connectivity index (χ3v) is 7.86. The highest BCUT2D eigenvalue weighted by Gasteiger charge is 2.11. The maximum absolute atomic E-state index is 5.88. The lowest BCUT2D eigenvalue weighted by Gasteiger charge is -2.23. The van der Waals surface area contributed by atoms with Crippen molar-refractivity contribution in [2.75, 3.05) is 77.3 Å². The topological polar surface area (TPSA) is 49.4 Å². The van der Waals surface area contributed by atoms with E-state index in [0.717, 1.165) is 102 Å². The van der Waals surface area contributed by atoms with E-state index in [4.69, 9.17) is 23.7 Å². The van der Waals surface area contributed by atoms with Crippen molar-refractivity contribution in [3.63, 3.8) is 0 Å². The van der Waals surface area contributed by atoms with Gasteiger partial charge in [-0.3, -0.25) is 0 Å². The third kappa shape index (κ3) is 24.9. The normalized spacial score (nSPS) is 12.8. The van der Waals surface area contributed by atoms with Crippen LogP contribution in [-0.4, -0.2) is 101 Å². The molecule has 2 unspecified atom stereocenters. The summed E-state index contributed by atoms with van der Waals surface area (Å²) >= 11 is 0. The van der Waals surface area contributed by atoms with Gasteiger partial charge in [-0.15, -0.1) is 17.2 Å². The molecule has 36 heavy (non-hydrogen) atoms. The summed E-state index contributed by atoms with van der Waals surface area (Å²) in [5, 5.41) is 0. The largest absolute Gasteiger partial charge is 0.379 e. The lowest BCUT2D eigenvalue weighted by atomic mass is 10.4. The van der Waals surface area contributed by atoms with Crippen LogP contribution in [0.1, 0.15) is 86.5 Å². The maximum Gasteiger partial charge on any atom is 0.157 e. The van der Waals surface area contributed by atoms with Crippen LogP contribution in [-0.2, 0) is 23.7 Å². The molecule has 0 fully saturated rings. The molecule has 0 aliphatic carbocycles. The second-order valence-electron chi connectivity index (χ2n) is 9.53. The minimum atomic E-state index is -0.0191. The Morgan fingerprint density at radius 2 is 0.944 bits per heavy atom. The van der Waals surface area contributed by atoms with Crippen molar-refractivity contribution in [2.45, 2.75) is 105 Å². The fourth-order valence-corrected chi connectivity index (χ4v) is 5.86. The predicted octanol–water partition coefficient (Wildman–Crippen LogP) is 6.60. The smallest absolute Gasteiger partial charge is 0.157 e. The summed E-state index contributed by atoms with van der Waals surface area (Å²) < 4.78 is 29.3. The molecule has 0 spiro atoms. The van der Waals surface area contributed by atoms with E-state index in [1.165, 1.54) is 37.7 Å². The Morgan fingerprint density at radius 1 is 0.528 bits per heavy atom. The van der Waals surface area contributed by atoms with Crippen molar-refractivity contribution >= 4 is 17.2 Å². The fraction of sp³-hybridized carbons (Fsp3) is 1.00. The van der Waals surface area contributed by atoms with Gasteiger partial charge in [-0.2, -0.15) is 0 Å². The van der Waals surface area contributed by atoms with Gasteiger partial charge in [0.05, 0.1) is 6.10 Å².